The van der Waals surface area contributed by atoms with Crippen molar-refractivity contribution >= 4 is 29.1 Å². The van der Waals surface area contributed by atoms with Crippen molar-refractivity contribution in [3.8, 4) is 0 Å². The first-order valence-electron chi connectivity index (χ1n) is 7.55. The van der Waals surface area contributed by atoms with E-state index in [9.17, 15) is 4.79 Å². The second-order valence-corrected chi connectivity index (χ2v) is 5.33. The first-order chi connectivity index (χ1) is 12.0. The Kier molecular flexibility index (Phi) is 4.60. The Hall–Kier alpha value is -3.42. The van der Waals surface area contributed by atoms with Gasteiger partial charge in [-0.25, -0.2) is 14.8 Å². The van der Waals surface area contributed by atoms with Crippen LogP contribution < -0.4 is 10.6 Å². The van der Waals surface area contributed by atoms with Gasteiger partial charge in [0.15, 0.2) is 5.82 Å². The minimum absolute atomic E-state index is 0.397. The quantitative estimate of drug-likeness (QED) is 0.682. The van der Waals surface area contributed by atoms with Gasteiger partial charge < -0.3 is 19.9 Å². The molecule has 0 aliphatic carbocycles. The van der Waals surface area contributed by atoms with Crippen LogP contribution in [0.5, 0.6) is 0 Å². The van der Waals surface area contributed by atoms with Gasteiger partial charge >= 0.3 is 5.97 Å². The van der Waals surface area contributed by atoms with Gasteiger partial charge in [-0.3, -0.25) is 0 Å². The van der Waals surface area contributed by atoms with Crippen LogP contribution in [0.2, 0.25) is 0 Å². The summed E-state index contributed by atoms with van der Waals surface area (Å²) < 4.78 is 9.75. The fourth-order valence-corrected chi connectivity index (χ4v) is 2.24. The Bertz CT molecular complexity index is 907. The molecule has 2 N–H and O–H groups in total. The van der Waals surface area contributed by atoms with Gasteiger partial charge in [0.2, 0.25) is 0 Å². The third-order valence-corrected chi connectivity index (χ3v) is 3.28. The average Bonchev–Trinajstić information content (AvgIpc) is 2.98. The number of carbonyl (C=O) groups excluding carboxylic acids is 1. The lowest BCUT2D eigenvalue weighted by molar-refractivity contribution is 0.0601. The third kappa shape index (κ3) is 4.11. The molecule has 3 aromatic rings. The lowest BCUT2D eigenvalue weighted by Gasteiger charge is -2.09. The number of carbonyl (C=O) groups is 1. The Morgan fingerprint density at radius 2 is 1.80 bits per heavy atom. The highest BCUT2D eigenvalue weighted by atomic mass is 16.5. The Morgan fingerprint density at radius 3 is 2.48 bits per heavy atom. The molecular weight excluding hydrogens is 322 g/mol. The van der Waals surface area contributed by atoms with Crippen molar-refractivity contribution in [2.24, 2.45) is 0 Å². The first-order valence-corrected chi connectivity index (χ1v) is 7.55. The molecule has 8 heteroatoms. The number of esters is 1. The van der Waals surface area contributed by atoms with Crippen molar-refractivity contribution in [1.29, 1.82) is 0 Å². The zero-order valence-electron chi connectivity index (χ0n) is 14.0. The molecule has 0 fully saturated rings. The fourth-order valence-electron chi connectivity index (χ4n) is 2.24. The molecule has 0 bridgehead atoms. The van der Waals surface area contributed by atoms with Crippen molar-refractivity contribution in [2.75, 3.05) is 17.7 Å². The van der Waals surface area contributed by atoms with Gasteiger partial charge in [0.05, 0.1) is 12.7 Å². The van der Waals surface area contributed by atoms with Crippen LogP contribution in [0.1, 0.15) is 21.9 Å². The van der Waals surface area contributed by atoms with E-state index in [4.69, 9.17) is 9.26 Å². The summed E-state index contributed by atoms with van der Waals surface area (Å²) in [7, 11) is 1.35. The molecular formula is C17H17N5O3. The van der Waals surface area contributed by atoms with E-state index >= 15 is 0 Å². The number of aromatic nitrogens is 3. The largest absolute Gasteiger partial charge is 0.465 e. The molecule has 0 spiro atoms. The molecule has 0 aliphatic heterocycles. The molecule has 0 amide bonds. The highest BCUT2D eigenvalue weighted by molar-refractivity contribution is 5.90. The topological polar surface area (TPSA) is 102 Å². The van der Waals surface area contributed by atoms with Crippen LogP contribution in [0, 0.1) is 13.8 Å². The number of benzene rings is 1. The van der Waals surface area contributed by atoms with Gasteiger partial charge in [-0.1, -0.05) is 11.2 Å². The molecule has 8 nitrogen and oxygen atoms in total. The number of aryl methyl sites for hydroxylation is 2. The molecule has 0 saturated heterocycles. The summed E-state index contributed by atoms with van der Waals surface area (Å²) in [6.45, 7) is 3.60. The van der Waals surface area contributed by atoms with Crippen molar-refractivity contribution in [1.82, 2.24) is 15.1 Å². The predicted octanol–water partition coefficient (Wildman–Crippen LogP) is 3.36. The standard InChI is InChI=1S/C17H17N5O3/c1-10-7-16(22-25-10)21-15-9-14(18-11(2)19-15)20-13-6-4-5-12(8-13)17(23)24-3/h4-9H,1-3H3,(H2,18,19,20,21,22). The number of nitrogens with zero attached hydrogens (tertiary/aromatic N) is 3. The maximum absolute atomic E-state index is 11.6. The fraction of sp³-hybridized carbons (Fsp3) is 0.176. The van der Waals surface area contributed by atoms with E-state index in [-0.39, 0.29) is 0 Å². The van der Waals surface area contributed by atoms with Crippen molar-refractivity contribution in [2.45, 2.75) is 13.8 Å². The Labute approximate surface area is 144 Å². The van der Waals surface area contributed by atoms with Crippen LogP contribution in [0.4, 0.5) is 23.1 Å². The number of ether oxygens (including phenoxy) is 1. The molecule has 1 aromatic carbocycles. The van der Waals surface area contributed by atoms with E-state index in [0.717, 1.165) is 0 Å². The molecule has 2 heterocycles. The predicted molar refractivity (Wildman–Crippen MR) is 92.4 cm³/mol. The van der Waals surface area contributed by atoms with Crippen LogP contribution in [0.15, 0.2) is 40.9 Å². The molecule has 2 aromatic heterocycles. The summed E-state index contributed by atoms with van der Waals surface area (Å²) in [5.41, 5.74) is 1.17. The maximum Gasteiger partial charge on any atom is 0.337 e. The SMILES string of the molecule is COC(=O)c1cccc(Nc2cc(Nc3cc(C)on3)nc(C)n2)c1. The lowest BCUT2D eigenvalue weighted by atomic mass is 10.2. The summed E-state index contributed by atoms with van der Waals surface area (Å²) >= 11 is 0. The van der Waals surface area contributed by atoms with E-state index in [1.54, 1.807) is 37.3 Å². The smallest absolute Gasteiger partial charge is 0.337 e. The molecule has 25 heavy (non-hydrogen) atoms. The second-order valence-electron chi connectivity index (χ2n) is 5.33. The number of nitrogens with one attached hydrogen (secondary N) is 2. The summed E-state index contributed by atoms with van der Waals surface area (Å²) in [5.74, 6) is 2.60. The molecule has 0 saturated carbocycles. The van der Waals surface area contributed by atoms with E-state index in [1.165, 1.54) is 7.11 Å². The lowest BCUT2D eigenvalue weighted by Crippen LogP contribution is -2.04. The number of hydrogen-bond acceptors (Lipinski definition) is 8. The van der Waals surface area contributed by atoms with E-state index in [0.29, 0.717) is 40.3 Å². The summed E-state index contributed by atoms with van der Waals surface area (Å²) in [4.78, 5) is 20.3. The third-order valence-electron chi connectivity index (χ3n) is 3.28. The second kappa shape index (κ2) is 7.00. The normalized spacial score (nSPS) is 10.4. The van der Waals surface area contributed by atoms with Gasteiger partial charge in [0.1, 0.15) is 23.2 Å². The van der Waals surface area contributed by atoms with E-state index in [1.807, 2.05) is 13.0 Å². The molecule has 0 atom stereocenters. The van der Waals surface area contributed by atoms with Crippen LogP contribution in [-0.4, -0.2) is 28.2 Å². The number of rotatable bonds is 5. The van der Waals surface area contributed by atoms with Crippen LogP contribution in [-0.2, 0) is 4.74 Å². The van der Waals surface area contributed by atoms with Crippen molar-refractivity contribution in [3.05, 3.63) is 53.5 Å². The monoisotopic (exact) mass is 339 g/mol. The molecule has 0 radical (unpaired) electrons. The maximum atomic E-state index is 11.6. The Morgan fingerprint density at radius 1 is 1.04 bits per heavy atom. The summed E-state index contributed by atoms with van der Waals surface area (Å²) in [6.07, 6.45) is 0. The zero-order chi connectivity index (χ0) is 17.8. The summed E-state index contributed by atoms with van der Waals surface area (Å²) in [6, 6.07) is 10.5. The molecule has 128 valence electrons. The zero-order valence-corrected chi connectivity index (χ0v) is 14.0. The average molecular weight is 339 g/mol. The van der Waals surface area contributed by atoms with Gasteiger partial charge in [-0.2, -0.15) is 0 Å². The van der Waals surface area contributed by atoms with Gasteiger partial charge in [-0.05, 0) is 32.0 Å². The van der Waals surface area contributed by atoms with E-state index < -0.39 is 5.97 Å². The first kappa shape index (κ1) is 16.4. The van der Waals surface area contributed by atoms with Crippen molar-refractivity contribution in [3.63, 3.8) is 0 Å². The Balaban J connectivity index is 1.82. The summed E-state index contributed by atoms with van der Waals surface area (Å²) in [5, 5.41) is 10.1. The van der Waals surface area contributed by atoms with Gasteiger partial charge in [0.25, 0.3) is 0 Å². The highest BCUT2D eigenvalue weighted by Gasteiger charge is 2.08. The van der Waals surface area contributed by atoms with Gasteiger partial charge in [-0.15, -0.1) is 0 Å². The minimum atomic E-state index is -0.397. The molecule has 3 rings (SSSR count). The van der Waals surface area contributed by atoms with Crippen LogP contribution in [0.25, 0.3) is 0 Å². The minimum Gasteiger partial charge on any atom is -0.465 e. The van der Waals surface area contributed by atoms with Crippen LogP contribution >= 0.6 is 0 Å². The number of anilines is 4. The number of hydrogen-bond donors (Lipinski definition) is 2. The molecule has 0 aliphatic rings. The van der Waals surface area contributed by atoms with Crippen LogP contribution in [0.3, 0.4) is 0 Å². The molecule has 0 unspecified atom stereocenters. The number of methoxy groups -OCH3 is 1. The van der Waals surface area contributed by atoms with Gasteiger partial charge in [0, 0.05) is 17.8 Å². The highest BCUT2D eigenvalue weighted by Crippen LogP contribution is 2.21. The van der Waals surface area contributed by atoms with E-state index in [2.05, 4.69) is 25.8 Å². The van der Waals surface area contributed by atoms with Crippen molar-refractivity contribution < 1.29 is 14.1 Å².